The number of amides is 1. The Morgan fingerprint density at radius 3 is 2.70 bits per heavy atom. The normalized spacial score (nSPS) is 15.6. The molecule has 3 aromatic heterocycles. The number of fused-ring (bicyclic) bond motifs is 1. The molecule has 1 amide bonds. The molecular weight excluding hydrogens is 400 g/mol. The Hall–Kier alpha value is -1.68. The minimum Gasteiger partial charge on any atom is -0.339 e. The van der Waals surface area contributed by atoms with E-state index in [4.69, 9.17) is 0 Å². The summed E-state index contributed by atoms with van der Waals surface area (Å²) in [6, 6.07) is 4.00. The second-order valence-electron chi connectivity index (χ2n) is 6.54. The van der Waals surface area contributed by atoms with E-state index in [1.54, 1.807) is 23.0 Å². The van der Waals surface area contributed by atoms with E-state index >= 15 is 0 Å². The van der Waals surface area contributed by atoms with Gasteiger partial charge in [-0.1, -0.05) is 17.8 Å². The van der Waals surface area contributed by atoms with Gasteiger partial charge in [0.15, 0.2) is 5.16 Å². The van der Waals surface area contributed by atoms with Crippen LogP contribution in [-0.4, -0.2) is 64.2 Å². The molecule has 0 bridgehead atoms. The lowest BCUT2D eigenvalue weighted by molar-refractivity contribution is -0.129. The molecule has 0 radical (unpaired) electrons. The van der Waals surface area contributed by atoms with Crippen molar-refractivity contribution in [3.8, 4) is 10.4 Å². The van der Waals surface area contributed by atoms with E-state index in [0.29, 0.717) is 16.3 Å². The maximum absolute atomic E-state index is 12.9. The van der Waals surface area contributed by atoms with E-state index in [-0.39, 0.29) is 11.5 Å². The summed E-state index contributed by atoms with van der Waals surface area (Å²) in [4.78, 5) is 36.0. The number of piperazine rings is 1. The Kier molecular flexibility index (Phi) is 5.36. The van der Waals surface area contributed by atoms with Gasteiger partial charge in [0, 0.05) is 49.0 Å². The summed E-state index contributed by atoms with van der Waals surface area (Å²) in [5, 5.41) is 5.26. The predicted molar refractivity (Wildman–Crippen MR) is 113 cm³/mol. The van der Waals surface area contributed by atoms with Gasteiger partial charge in [0.1, 0.15) is 4.83 Å². The third-order valence-corrected chi connectivity index (χ3v) is 7.53. The molecule has 0 unspecified atom stereocenters. The lowest BCUT2D eigenvalue weighted by Crippen LogP contribution is -2.47. The fraction of sp³-hybridized carbons (Fsp3) is 0.389. The number of carbonyl (C=O) groups is 1. The third kappa shape index (κ3) is 3.69. The van der Waals surface area contributed by atoms with Crippen LogP contribution in [-0.2, 0) is 11.8 Å². The Bertz CT molecular complexity index is 1020. The maximum Gasteiger partial charge on any atom is 0.263 e. The van der Waals surface area contributed by atoms with Crippen LogP contribution in [0.25, 0.3) is 20.7 Å². The van der Waals surface area contributed by atoms with Gasteiger partial charge in [0.05, 0.1) is 11.1 Å². The topological polar surface area (TPSA) is 58.4 Å². The van der Waals surface area contributed by atoms with Gasteiger partial charge < -0.3 is 9.80 Å². The van der Waals surface area contributed by atoms with E-state index in [2.05, 4.69) is 16.9 Å². The lowest BCUT2D eigenvalue weighted by atomic mass is 10.2. The van der Waals surface area contributed by atoms with Crippen LogP contribution in [0.2, 0.25) is 0 Å². The second kappa shape index (κ2) is 7.75. The molecule has 4 rings (SSSR count). The van der Waals surface area contributed by atoms with Gasteiger partial charge in [0.2, 0.25) is 5.91 Å². The van der Waals surface area contributed by atoms with Gasteiger partial charge in [-0.15, -0.1) is 22.7 Å². The highest BCUT2D eigenvalue weighted by Gasteiger charge is 2.21. The Balaban J connectivity index is 1.55. The van der Waals surface area contributed by atoms with Gasteiger partial charge >= 0.3 is 0 Å². The maximum atomic E-state index is 12.9. The van der Waals surface area contributed by atoms with Crippen LogP contribution in [0.4, 0.5) is 0 Å². The zero-order valence-electron chi connectivity index (χ0n) is 15.2. The van der Waals surface area contributed by atoms with Gasteiger partial charge in [-0.05, 0) is 18.5 Å². The highest BCUT2D eigenvalue weighted by molar-refractivity contribution is 7.99. The van der Waals surface area contributed by atoms with Crippen molar-refractivity contribution >= 4 is 50.6 Å². The van der Waals surface area contributed by atoms with E-state index in [1.165, 1.54) is 23.1 Å². The lowest BCUT2D eigenvalue weighted by Gasteiger charge is -2.32. The minimum atomic E-state index is -0.0563. The van der Waals surface area contributed by atoms with E-state index in [9.17, 15) is 9.59 Å². The zero-order valence-corrected chi connectivity index (χ0v) is 17.6. The SMILES string of the molecule is CN1CCN(C(=O)CSc2nc3scc(-c4cccs4)c3c(=O)n2C)CC1. The van der Waals surface area contributed by atoms with Crippen molar-refractivity contribution in [2.45, 2.75) is 5.16 Å². The van der Waals surface area contributed by atoms with Gasteiger partial charge in [-0.25, -0.2) is 4.98 Å². The predicted octanol–water partition coefficient (Wildman–Crippen LogP) is 2.59. The fourth-order valence-corrected chi connectivity index (χ4v) is 5.75. The monoisotopic (exact) mass is 420 g/mol. The van der Waals surface area contributed by atoms with Crippen molar-refractivity contribution in [1.82, 2.24) is 19.4 Å². The Morgan fingerprint density at radius 2 is 2.00 bits per heavy atom. The summed E-state index contributed by atoms with van der Waals surface area (Å²) >= 11 is 4.44. The molecule has 4 heterocycles. The largest absolute Gasteiger partial charge is 0.339 e. The number of likely N-dealkylation sites (N-methyl/N-ethyl adjacent to an activating group) is 1. The van der Waals surface area contributed by atoms with E-state index in [0.717, 1.165) is 41.5 Å². The number of hydrogen-bond donors (Lipinski definition) is 0. The smallest absolute Gasteiger partial charge is 0.263 e. The van der Waals surface area contributed by atoms with E-state index < -0.39 is 0 Å². The summed E-state index contributed by atoms with van der Waals surface area (Å²) < 4.78 is 1.56. The molecule has 27 heavy (non-hydrogen) atoms. The number of thiophene rings is 2. The van der Waals surface area contributed by atoms with Crippen LogP contribution >= 0.6 is 34.4 Å². The van der Waals surface area contributed by atoms with Crippen molar-refractivity contribution in [2.75, 3.05) is 39.0 Å². The summed E-state index contributed by atoms with van der Waals surface area (Å²) in [5.41, 5.74) is 0.891. The quantitative estimate of drug-likeness (QED) is 0.480. The molecule has 0 aliphatic carbocycles. The molecule has 1 saturated heterocycles. The number of rotatable bonds is 4. The molecule has 0 spiro atoms. The summed E-state index contributed by atoms with van der Waals surface area (Å²) in [6.07, 6.45) is 0. The summed E-state index contributed by atoms with van der Waals surface area (Å²) in [7, 11) is 3.80. The zero-order chi connectivity index (χ0) is 19.0. The fourth-order valence-electron chi connectivity index (χ4n) is 3.07. The second-order valence-corrected chi connectivity index (χ2v) is 9.29. The molecule has 6 nitrogen and oxygen atoms in total. The molecule has 142 valence electrons. The van der Waals surface area contributed by atoms with E-state index in [1.807, 2.05) is 27.8 Å². The first kappa shape index (κ1) is 18.7. The van der Waals surface area contributed by atoms with Gasteiger partial charge in [-0.3, -0.25) is 14.2 Å². The van der Waals surface area contributed by atoms with Crippen LogP contribution in [0.5, 0.6) is 0 Å². The first-order valence-electron chi connectivity index (χ1n) is 8.66. The number of carbonyl (C=O) groups excluding carboxylic acids is 1. The van der Waals surface area contributed by atoms with Gasteiger partial charge in [-0.2, -0.15) is 0 Å². The number of aromatic nitrogens is 2. The highest BCUT2D eigenvalue weighted by atomic mass is 32.2. The Morgan fingerprint density at radius 1 is 1.22 bits per heavy atom. The number of hydrogen-bond acceptors (Lipinski definition) is 7. The molecule has 1 aliphatic heterocycles. The molecular formula is C18H20N4O2S3. The molecule has 0 saturated carbocycles. The number of nitrogens with zero attached hydrogens (tertiary/aromatic N) is 4. The Labute approximate surface area is 169 Å². The first-order valence-corrected chi connectivity index (χ1v) is 11.4. The highest BCUT2D eigenvalue weighted by Crippen LogP contribution is 2.34. The third-order valence-electron chi connectivity index (χ3n) is 4.74. The van der Waals surface area contributed by atoms with Crippen molar-refractivity contribution in [1.29, 1.82) is 0 Å². The van der Waals surface area contributed by atoms with Crippen molar-refractivity contribution < 1.29 is 4.79 Å². The molecule has 0 atom stereocenters. The molecule has 0 aromatic carbocycles. The standard InChI is InChI=1S/C18H20N4O2S3/c1-20-5-7-22(8-6-20)14(23)11-27-18-19-16-15(17(24)21(18)2)12(10-26-16)13-4-3-9-25-13/h3-4,9-10H,5-8,11H2,1-2H3. The molecule has 1 aliphatic rings. The van der Waals surface area contributed by atoms with Crippen molar-refractivity contribution in [2.24, 2.45) is 7.05 Å². The van der Waals surface area contributed by atoms with Crippen LogP contribution in [0, 0.1) is 0 Å². The molecule has 9 heteroatoms. The first-order chi connectivity index (χ1) is 13.0. The van der Waals surface area contributed by atoms with Crippen molar-refractivity contribution in [3.63, 3.8) is 0 Å². The molecule has 1 fully saturated rings. The average molecular weight is 421 g/mol. The number of thioether (sulfide) groups is 1. The molecule has 3 aromatic rings. The molecule has 0 N–H and O–H groups in total. The van der Waals surface area contributed by atoms with Crippen molar-refractivity contribution in [3.05, 3.63) is 33.2 Å². The minimum absolute atomic E-state index is 0.0563. The van der Waals surface area contributed by atoms with Crippen LogP contribution in [0.15, 0.2) is 32.8 Å². The summed E-state index contributed by atoms with van der Waals surface area (Å²) in [6.45, 7) is 3.33. The van der Waals surface area contributed by atoms with Crippen LogP contribution < -0.4 is 5.56 Å². The average Bonchev–Trinajstić information content (AvgIpc) is 3.33. The summed E-state index contributed by atoms with van der Waals surface area (Å²) in [5.74, 6) is 0.409. The van der Waals surface area contributed by atoms with Crippen LogP contribution in [0.3, 0.4) is 0 Å². The van der Waals surface area contributed by atoms with Crippen LogP contribution in [0.1, 0.15) is 0 Å². The van der Waals surface area contributed by atoms with Gasteiger partial charge in [0.25, 0.3) is 5.56 Å².